The lowest BCUT2D eigenvalue weighted by molar-refractivity contribution is 0.736. The average molecular weight is 171 g/mol. The van der Waals surface area contributed by atoms with Crippen LogP contribution in [0, 0.1) is 0 Å². The van der Waals surface area contributed by atoms with Crippen molar-refractivity contribution in [3.63, 3.8) is 0 Å². The Morgan fingerprint density at radius 2 is 2.36 bits per heavy atom. The molecule has 1 rings (SSSR count). The molecule has 0 saturated heterocycles. The van der Waals surface area contributed by atoms with Gasteiger partial charge in [0, 0.05) is 18.3 Å². The van der Waals surface area contributed by atoms with Crippen molar-refractivity contribution < 1.29 is 0 Å². The molecule has 0 aromatic rings. The molecule has 0 aromatic heterocycles. The minimum atomic E-state index is 0.818. The SMILES string of the molecule is C=C(CNC1CC1)CSCC. The highest BCUT2D eigenvalue weighted by molar-refractivity contribution is 7.99. The van der Waals surface area contributed by atoms with Crippen LogP contribution < -0.4 is 5.32 Å². The summed E-state index contributed by atoms with van der Waals surface area (Å²) in [4.78, 5) is 0. The Labute approximate surface area is 73.6 Å². The smallest absolute Gasteiger partial charge is 0.0172 e. The molecule has 1 saturated carbocycles. The third-order valence-electron chi connectivity index (χ3n) is 1.73. The topological polar surface area (TPSA) is 12.0 Å². The van der Waals surface area contributed by atoms with Gasteiger partial charge in [0.25, 0.3) is 0 Å². The summed E-state index contributed by atoms with van der Waals surface area (Å²) in [5, 5.41) is 3.45. The fourth-order valence-electron chi connectivity index (χ4n) is 0.874. The van der Waals surface area contributed by atoms with Crippen LogP contribution in [0.1, 0.15) is 19.8 Å². The summed E-state index contributed by atoms with van der Waals surface area (Å²) in [6.07, 6.45) is 2.74. The Hall–Kier alpha value is 0.0500. The van der Waals surface area contributed by atoms with Crippen molar-refractivity contribution in [1.82, 2.24) is 5.32 Å². The van der Waals surface area contributed by atoms with Gasteiger partial charge in [0.05, 0.1) is 0 Å². The van der Waals surface area contributed by atoms with E-state index in [0.29, 0.717) is 0 Å². The van der Waals surface area contributed by atoms with Gasteiger partial charge in [-0.1, -0.05) is 19.1 Å². The van der Waals surface area contributed by atoms with Gasteiger partial charge in [-0.05, 0) is 18.6 Å². The molecule has 1 N–H and O–H groups in total. The van der Waals surface area contributed by atoms with E-state index in [4.69, 9.17) is 0 Å². The van der Waals surface area contributed by atoms with Crippen molar-refractivity contribution in [2.45, 2.75) is 25.8 Å². The van der Waals surface area contributed by atoms with E-state index in [1.807, 2.05) is 11.8 Å². The van der Waals surface area contributed by atoms with Gasteiger partial charge in [-0.15, -0.1) is 0 Å². The number of thioether (sulfide) groups is 1. The van der Waals surface area contributed by atoms with E-state index < -0.39 is 0 Å². The maximum Gasteiger partial charge on any atom is 0.0172 e. The summed E-state index contributed by atoms with van der Waals surface area (Å²) in [5.74, 6) is 2.32. The van der Waals surface area contributed by atoms with Gasteiger partial charge in [0.2, 0.25) is 0 Å². The standard InChI is InChI=1S/C9H17NS/c1-3-11-7-8(2)6-10-9-4-5-9/h9-10H,2-7H2,1H3. The van der Waals surface area contributed by atoms with Gasteiger partial charge >= 0.3 is 0 Å². The molecule has 0 aliphatic heterocycles. The molecule has 1 aliphatic carbocycles. The van der Waals surface area contributed by atoms with Crippen LogP contribution in [0.3, 0.4) is 0 Å². The number of hydrogen-bond donors (Lipinski definition) is 1. The van der Waals surface area contributed by atoms with Crippen LogP contribution >= 0.6 is 11.8 Å². The molecular formula is C9H17NS. The molecule has 0 spiro atoms. The summed E-state index contributed by atoms with van der Waals surface area (Å²) < 4.78 is 0. The van der Waals surface area contributed by atoms with E-state index in [0.717, 1.165) is 18.3 Å². The summed E-state index contributed by atoms with van der Waals surface area (Å²) in [5.41, 5.74) is 1.34. The lowest BCUT2D eigenvalue weighted by atomic mass is 10.3. The minimum Gasteiger partial charge on any atom is -0.310 e. The van der Waals surface area contributed by atoms with Crippen LogP contribution in [0.2, 0.25) is 0 Å². The largest absolute Gasteiger partial charge is 0.310 e. The van der Waals surface area contributed by atoms with Crippen molar-refractivity contribution in [2.24, 2.45) is 0 Å². The van der Waals surface area contributed by atoms with Crippen LogP contribution in [0.5, 0.6) is 0 Å². The van der Waals surface area contributed by atoms with Crippen molar-refractivity contribution >= 4 is 11.8 Å². The highest BCUT2D eigenvalue weighted by atomic mass is 32.2. The van der Waals surface area contributed by atoms with Gasteiger partial charge < -0.3 is 5.32 Å². The zero-order chi connectivity index (χ0) is 8.10. The summed E-state index contributed by atoms with van der Waals surface area (Å²) >= 11 is 1.95. The van der Waals surface area contributed by atoms with Crippen molar-refractivity contribution in [3.8, 4) is 0 Å². The Kier molecular flexibility index (Phi) is 4.02. The molecule has 0 aromatic carbocycles. The van der Waals surface area contributed by atoms with Gasteiger partial charge in [0.1, 0.15) is 0 Å². The Morgan fingerprint density at radius 3 is 2.91 bits per heavy atom. The van der Waals surface area contributed by atoms with Crippen LogP contribution in [0.15, 0.2) is 12.2 Å². The highest BCUT2D eigenvalue weighted by Gasteiger charge is 2.19. The zero-order valence-corrected chi connectivity index (χ0v) is 8.04. The van der Waals surface area contributed by atoms with Crippen molar-refractivity contribution in [1.29, 1.82) is 0 Å². The Bertz CT molecular complexity index is 130. The predicted molar refractivity (Wildman–Crippen MR) is 53.2 cm³/mol. The molecule has 2 heteroatoms. The first-order valence-corrected chi connectivity index (χ1v) is 5.46. The van der Waals surface area contributed by atoms with E-state index in [1.165, 1.54) is 24.2 Å². The number of nitrogens with one attached hydrogen (secondary N) is 1. The monoisotopic (exact) mass is 171 g/mol. The predicted octanol–water partition coefficient (Wildman–Crippen LogP) is 2.05. The molecule has 1 aliphatic rings. The van der Waals surface area contributed by atoms with E-state index in [1.54, 1.807) is 0 Å². The normalized spacial score (nSPS) is 16.8. The third-order valence-corrected chi connectivity index (χ3v) is 2.75. The van der Waals surface area contributed by atoms with Crippen molar-refractivity contribution in [3.05, 3.63) is 12.2 Å². The first-order chi connectivity index (χ1) is 5.33. The molecule has 0 atom stereocenters. The Balaban J connectivity index is 1.91. The Morgan fingerprint density at radius 1 is 1.64 bits per heavy atom. The molecule has 0 heterocycles. The third kappa shape index (κ3) is 4.49. The molecule has 1 fully saturated rings. The first kappa shape index (κ1) is 9.14. The molecule has 0 unspecified atom stereocenters. The summed E-state index contributed by atoms with van der Waals surface area (Å²) in [6, 6.07) is 0.818. The van der Waals surface area contributed by atoms with E-state index >= 15 is 0 Å². The fraction of sp³-hybridized carbons (Fsp3) is 0.778. The van der Waals surface area contributed by atoms with Gasteiger partial charge in [-0.25, -0.2) is 0 Å². The van der Waals surface area contributed by atoms with E-state index in [9.17, 15) is 0 Å². The van der Waals surface area contributed by atoms with Gasteiger partial charge in [-0.2, -0.15) is 11.8 Å². The second-order valence-corrected chi connectivity index (χ2v) is 4.32. The second kappa shape index (κ2) is 4.83. The summed E-state index contributed by atoms with van der Waals surface area (Å²) in [7, 11) is 0. The molecule has 0 amide bonds. The average Bonchev–Trinajstić information content (AvgIpc) is 2.80. The van der Waals surface area contributed by atoms with Crippen LogP contribution in [-0.4, -0.2) is 24.1 Å². The molecule has 0 bridgehead atoms. The molecular weight excluding hydrogens is 154 g/mol. The first-order valence-electron chi connectivity index (χ1n) is 4.30. The highest BCUT2D eigenvalue weighted by Crippen LogP contribution is 2.18. The summed E-state index contributed by atoms with van der Waals surface area (Å²) in [6.45, 7) is 7.22. The lowest BCUT2D eigenvalue weighted by Gasteiger charge is -2.04. The van der Waals surface area contributed by atoms with E-state index in [-0.39, 0.29) is 0 Å². The van der Waals surface area contributed by atoms with Crippen molar-refractivity contribution in [2.75, 3.05) is 18.1 Å². The van der Waals surface area contributed by atoms with E-state index in [2.05, 4.69) is 18.8 Å². The van der Waals surface area contributed by atoms with Crippen LogP contribution in [0.4, 0.5) is 0 Å². The second-order valence-electron chi connectivity index (χ2n) is 3.04. The zero-order valence-electron chi connectivity index (χ0n) is 7.23. The molecule has 11 heavy (non-hydrogen) atoms. The maximum atomic E-state index is 4.01. The molecule has 1 nitrogen and oxygen atoms in total. The fourth-order valence-corrected chi connectivity index (χ4v) is 1.47. The maximum absolute atomic E-state index is 4.01. The lowest BCUT2D eigenvalue weighted by Crippen LogP contribution is -2.19. The van der Waals surface area contributed by atoms with Gasteiger partial charge in [-0.3, -0.25) is 0 Å². The quantitative estimate of drug-likeness (QED) is 0.614. The molecule has 64 valence electrons. The minimum absolute atomic E-state index is 0.818. The number of rotatable bonds is 6. The molecule has 0 radical (unpaired) electrons. The van der Waals surface area contributed by atoms with Crippen LogP contribution in [-0.2, 0) is 0 Å². The van der Waals surface area contributed by atoms with Gasteiger partial charge in [0.15, 0.2) is 0 Å². The number of hydrogen-bond acceptors (Lipinski definition) is 2. The van der Waals surface area contributed by atoms with Crippen LogP contribution in [0.25, 0.3) is 0 Å².